The lowest BCUT2D eigenvalue weighted by Crippen LogP contribution is -2.30. The van der Waals surface area contributed by atoms with Crippen molar-refractivity contribution in [3.05, 3.63) is 10.6 Å². The molecule has 3 atom stereocenters. The zero-order valence-corrected chi connectivity index (χ0v) is 17.5. The van der Waals surface area contributed by atoms with Gasteiger partial charge in [-0.1, -0.05) is 38.8 Å². The van der Waals surface area contributed by atoms with Crippen molar-refractivity contribution in [2.75, 3.05) is 28.4 Å². The molecule has 0 radical (unpaired) electrons. The zero-order chi connectivity index (χ0) is 16.4. The van der Waals surface area contributed by atoms with E-state index < -0.39 is 15.2 Å². The summed E-state index contributed by atoms with van der Waals surface area (Å²) in [7, 11) is -1.90. The summed E-state index contributed by atoms with van der Waals surface area (Å²) in [6.07, 6.45) is 0.352. The Balaban J connectivity index is 3.63. The highest BCUT2D eigenvalue weighted by atomic mass is 79.9. The second kappa shape index (κ2) is 7.71. The van der Waals surface area contributed by atoms with Crippen LogP contribution in [-0.4, -0.2) is 38.1 Å². The van der Waals surface area contributed by atoms with Crippen LogP contribution in [0.5, 0.6) is 0 Å². The highest BCUT2D eigenvalue weighted by Crippen LogP contribution is 2.70. The average Bonchev–Trinajstić information content (AvgIpc) is 2.50. The van der Waals surface area contributed by atoms with Crippen molar-refractivity contribution in [2.45, 2.75) is 23.0 Å². The monoisotopic (exact) mass is 468 g/mol. The van der Waals surface area contributed by atoms with E-state index >= 15 is 0 Å². The molecule has 0 spiro atoms. The minimum atomic E-state index is -3.56. The van der Waals surface area contributed by atoms with E-state index in [4.69, 9.17) is 18.1 Å². The Morgan fingerprint density at radius 3 is 1.76 bits per heavy atom. The molecule has 0 heterocycles. The molecule has 1 aliphatic carbocycles. The van der Waals surface area contributed by atoms with Gasteiger partial charge in [0.1, 0.15) is 0 Å². The topological polar surface area (TPSA) is 71.1 Å². The quantitative estimate of drug-likeness (QED) is 0.413. The lowest BCUT2D eigenvalue weighted by Gasteiger charge is -2.37. The molecule has 0 aliphatic heterocycles. The van der Waals surface area contributed by atoms with Gasteiger partial charge in [-0.25, -0.2) is 0 Å². The molecular weight excluding hydrogens is 450 g/mol. The van der Waals surface area contributed by atoms with Gasteiger partial charge in [-0.3, -0.25) is 9.13 Å². The van der Waals surface area contributed by atoms with Crippen molar-refractivity contribution in [3.8, 4) is 0 Å². The summed E-state index contributed by atoms with van der Waals surface area (Å²) >= 11 is 7.10. The van der Waals surface area contributed by atoms with E-state index in [9.17, 15) is 9.13 Å². The van der Waals surface area contributed by atoms with Crippen molar-refractivity contribution in [1.82, 2.24) is 0 Å². The zero-order valence-electron chi connectivity index (χ0n) is 12.5. The number of allylic oxidation sites excluding steroid dienone is 2. The van der Waals surface area contributed by atoms with Crippen molar-refractivity contribution in [3.63, 3.8) is 0 Å². The van der Waals surface area contributed by atoms with Crippen LogP contribution < -0.4 is 0 Å². The maximum absolute atomic E-state index is 12.9. The fourth-order valence-corrected chi connectivity index (χ4v) is 7.88. The highest BCUT2D eigenvalue weighted by Gasteiger charge is 2.48. The Hall–Kier alpha value is 1.000. The van der Waals surface area contributed by atoms with Gasteiger partial charge >= 0.3 is 15.2 Å². The van der Waals surface area contributed by atoms with Crippen molar-refractivity contribution in [2.24, 2.45) is 5.92 Å². The van der Waals surface area contributed by atoms with E-state index in [0.717, 1.165) is 0 Å². The summed E-state index contributed by atoms with van der Waals surface area (Å²) in [5.41, 5.74) is 0. The second-order valence-electron chi connectivity index (χ2n) is 4.51. The largest absolute Gasteiger partial charge is 0.357 e. The van der Waals surface area contributed by atoms with Crippen molar-refractivity contribution < 1.29 is 27.2 Å². The summed E-state index contributed by atoms with van der Waals surface area (Å²) < 4.78 is 46.1. The first kappa shape index (κ1) is 20.0. The van der Waals surface area contributed by atoms with Crippen LogP contribution >= 0.6 is 47.1 Å². The third kappa shape index (κ3) is 3.74. The van der Waals surface area contributed by atoms with E-state index in [1.807, 2.05) is 6.92 Å². The van der Waals surface area contributed by atoms with Crippen LogP contribution in [0.2, 0.25) is 0 Å². The molecular formula is C11H20Br2O6P2. The molecule has 1 aliphatic rings. The number of alkyl halides is 2. The van der Waals surface area contributed by atoms with Gasteiger partial charge in [0.15, 0.2) is 0 Å². The predicted octanol–water partition coefficient (Wildman–Crippen LogP) is 4.74. The van der Waals surface area contributed by atoms with E-state index in [2.05, 4.69) is 31.9 Å². The lowest BCUT2D eigenvalue weighted by molar-refractivity contribution is 0.271. The van der Waals surface area contributed by atoms with Crippen LogP contribution in [-0.2, 0) is 27.2 Å². The second-order valence-corrected chi connectivity index (χ2v) is 11.2. The molecule has 0 saturated heterocycles. The van der Waals surface area contributed by atoms with E-state index in [1.165, 1.54) is 28.4 Å². The number of rotatable bonds is 6. The molecule has 3 unspecified atom stereocenters. The molecule has 0 aromatic heterocycles. The Labute approximate surface area is 142 Å². The maximum Gasteiger partial charge on any atom is 0.357 e. The smallest absolute Gasteiger partial charge is 0.309 e. The lowest BCUT2D eigenvalue weighted by atomic mass is 9.97. The molecule has 0 saturated carbocycles. The Kier molecular flexibility index (Phi) is 7.36. The van der Waals surface area contributed by atoms with Crippen LogP contribution in [0.3, 0.4) is 0 Å². The molecule has 0 bridgehead atoms. The molecule has 6 nitrogen and oxygen atoms in total. The van der Waals surface area contributed by atoms with Crippen LogP contribution in [0.15, 0.2) is 10.6 Å². The minimum Gasteiger partial charge on any atom is -0.309 e. The molecule has 0 aromatic rings. The number of hydrogen-bond acceptors (Lipinski definition) is 6. The predicted molar refractivity (Wildman–Crippen MR) is 89.5 cm³/mol. The molecule has 0 N–H and O–H groups in total. The normalized spacial score (nSPS) is 28.0. The molecule has 0 fully saturated rings. The van der Waals surface area contributed by atoms with Gasteiger partial charge in [0, 0.05) is 44.0 Å². The Morgan fingerprint density at radius 1 is 0.952 bits per heavy atom. The number of hydrogen-bond donors (Lipinski definition) is 0. The van der Waals surface area contributed by atoms with Gasteiger partial charge in [-0.2, -0.15) is 0 Å². The molecule has 124 valence electrons. The SMILES string of the molecule is COP(=O)(OC)C1=C(P(=O)(OC)OC)C(C)C(Br)C(Br)C1. The van der Waals surface area contributed by atoms with E-state index in [1.54, 1.807) is 0 Å². The molecule has 1 rings (SSSR count). The molecule has 21 heavy (non-hydrogen) atoms. The summed E-state index contributed by atoms with van der Waals surface area (Å²) in [4.78, 5) is -0.0240. The van der Waals surface area contributed by atoms with Crippen LogP contribution in [0.1, 0.15) is 13.3 Å². The van der Waals surface area contributed by atoms with Gasteiger partial charge < -0.3 is 18.1 Å². The van der Waals surface area contributed by atoms with Gasteiger partial charge in [0.25, 0.3) is 0 Å². The Bertz CT molecular complexity index is 493. The third-order valence-corrected chi connectivity index (χ3v) is 11.0. The fourth-order valence-electron chi connectivity index (χ4n) is 2.35. The van der Waals surface area contributed by atoms with Gasteiger partial charge in [0.05, 0.1) is 10.6 Å². The van der Waals surface area contributed by atoms with Crippen LogP contribution in [0.4, 0.5) is 0 Å². The van der Waals surface area contributed by atoms with E-state index in [-0.39, 0.29) is 15.6 Å². The first-order valence-corrected chi connectivity index (χ1v) is 11.1. The van der Waals surface area contributed by atoms with Gasteiger partial charge in [-0.15, -0.1) is 0 Å². The Morgan fingerprint density at radius 2 is 1.38 bits per heavy atom. The summed E-state index contributed by atoms with van der Waals surface area (Å²) in [5.74, 6) is -0.234. The summed E-state index contributed by atoms with van der Waals surface area (Å²) in [5, 5.41) is 0.710. The number of halogens is 2. The van der Waals surface area contributed by atoms with E-state index in [0.29, 0.717) is 17.0 Å². The van der Waals surface area contributed by atoms with Crippen molar-refractivity contribution in [1.29, 1.82) is 0 Å². The minimum absolute atomic E-state index is 0.00737. The molecule has 0 aromatic carbocycles. The maximum atomic E-state index is 12.9. The molecule has 0 amide bonds. The van der Waals surface area contributed by atoms with Crippen LogP contribution in [0, 0.1) is 5.92 Å². The first-order chi connectivity index (χ1) is 9.70. The van der Waals surface area contributed by atoms with Gasteiger partial charge in [-0.05, 0) is 6.42 Å². The van der Waals surface area contributed by atoms with Gasteiger partial charge in [0.2, 0.25) is 0 Å². The summed E-state index contributed by atoms with van der Waals surface area (Å²) in [6, 6.07) is 0. The third-order valence-electron chi connectivity index (χ3n) is 3.53. The summed E-state index contributed by atoms with van der Waals surface area (Å²) in [6.45, 7) is 1.86. The highest BCUT2D eigenvalue weighted by molar-refractivity contribution is 9.12. The standard InChI is InChI=1S/C11H20Br2O6P2/c1-7-10(13)8(12)6-9(20(14,16-2)17-3)11(7)21(15,18-4)19-5/h7-8,10H,6H2,1-5H3. The van der Waals surface area contributed by atoms with Crippen molar-refractivity contribution >= 4 is 47.1 Å². The first-order valence-electron chi connectivity index (χ1n) is 6.16. The molecule has 10 heteroatoms. The fraction of sp³-hybridized carbons (Fsp3) is 0.818. The average molecular weight is 470 g/mol. The van der Waals surface area contributed by atoms with Crippen LogP contribution in [0.25, 0.3) is 0 Å².